The van der Waals surface area contributed by atoms with Gasteiger partial charge in [0.15, 0.2) is 0 Å². The van der Waals surface area contributed by atoms with Gasteiger partial charge in [-0.2, -0.15) is 0 Å². The zero-order valence-corrected chi connectivity index (χ0v) is 13.0. The van der Waals surface area contributed by atoms with E-state index < -0.39 is 18.1 Å². The summed E-state index contributed by atoms with van der Waals surface area (Å²) >= 11 is 0. The summed E-state index contributed by atoms with van der Waals surface area (Å²) in [6.07, 6.45) is -0.280. The number of amides is 1. The molecule has 1 atom stereocenters. The van der Waals surface area contributed by atoms with Gasteiger partial charge in [-0.25, -0.2) is 9.59 Å². The molecule has 0 saturated carbocycles. The molecule has 0 heterocycles. The van der Waals surface area contributed by atoms with Crippen molar-refractivity contribution in [1.29, 1.82) is 0 Å². The minimum atomic E-state index is -0.821. The van der Waals surface area contributed by atoms with E-state index in [9.17, 15) is 9.59 Å². The molecule has 0 aliphatic heterocycles. The van der Waals surface area contributed by atoms with Crippen molar-refractivity contribution >= 4 is 12.1 Å². The van der Waals surface area contributed by atoms with Crippen molar-refractivity contribution in [3.63, 3.8) is 0 Å². The van der Waals surface area contributed by atoms with Crippen LogP contribution in [0.3, 0.4) is 0 Å². The highest BCUT2D eigenvalue weighted by molar-refractivity contribution is 5.81. The molecule has 1 aromatic rings. The number of nitrogens with one attached hydrogen (secondary N) is 1. The Morgan fingerprint density at radius 2 is 1.91 bits per heavy atom. The molecule has 0 radical (unpaired) electrons. The Hall–Kier alpha value is -2.08. The molecular weight excluding hydrogens is 286 g/mol. The number of benzene rings is 1. The lowest BCUT2D eigenvalue weighted by Gasteiger charge is -2.18. The molecule has 0 bridgehead atoms. The fourth-order valence-electron chi connectivity index (χ4n) is 1.77. The highest BCUT2D eigenvalue weighted by Gasteiger charge is 2.23. The monoisotopic (exact) mass is 309 g/mol. The molecule has 0 spiro atoms. The first-order chi connectivity index (χ1) is 10.5. The van der Waals surface area contributed by atoms with Crippen molar-refractivity contribution in [3.05, 3.63) is 35.9 Å². The van der Waals surface area contributed by atoms with Crippen LogP contribution in [0.15, 0.2) is 30.3 Å². The maximum atomic E-state index is 11.9. The number of esters is 1. The van der Waals surface area contributed by atoms with Crippen LogP contribution in [-0.4, -0.2) is 35.9 Å². The second-order valence-corrected chi connectivity index (χ2v) is 5.11. The highest BCUT2D eigenvalue weighted by atomic mass is 16.6. The van der Waals surface area contributed by atoms with Crippen LogP contribution in [0.2, 0.25) is 0 Å². The Morgan fingerprint density at radius 1 is 1.23 bits per heavy atom. The van der Waals surface area contributed by atoms with Gasteiger partial charge in [-0.15, -0.1) is 0 Å². The minimum Gasteiger partial charge on any atom is -0.461 e. The van der Waals surface area contributed by atoms with Crippen molar-refractivity contribution < 1.29 is 24.2 Å². The number of carbonyl (C=O) groups is 2. The molecule has 22 heavy (non-hydrogen) atoms. The molecule has 0 aromatic heterocycles. The molecule has 1 aromatic carbocycles. The standard InChI is InChI=1S/C16H23NO5/c1-12(2)22-15(19)14(9-6-10-18)17-16(20)21-11-13-7-4-3-5-8-13/h3-5,7-8,12,14,18H,6,9-11H2,1-2H3,(H,17,20)/t14-/m1/s1. The van der Waals surface area contributed by atoms with Crippen LogP contribution in [0.25, 0.3) is 0 Å². The van der Waals surface area contributed by atoms with Crippen LogP contribution < -0.4 is 5.32 Å². The van der Waals surface area contributed by atoms with Crippen LogP contribution in [0.1, 0.15) is 32.3 Å². The Labute approximate surface area is 130 Å². The van der Waals surface area contributed by atoms with Gasteiger partial charge in [0.1, 0.15) is 12.6 Å². The smallest absolute Gasteiger partial charge is 0.408 e. The number of hydrogen-bond acceptors (Lipinski definition) is 5. The van der Waals surface area contributed by atoms with E-state index in [1.54, 1.807) is 13.8 Å². The van der Waals surface area contributed by atoms with Crippen LogP contribution in [-0.2, 0) is 20.9 Å². The summed E-state index contributed by atoms with van der Waals surface area (Å²) in [5, 5.41) is 11.3. The normalized spacial score (nSPS) is 11.8. The van der Waals surface area contributed by atoms with Crippen LogP contribution in [0, 0.1) is 0 Å². The van der Waals surface area contributed by atoms with Gasteiger partial charge in [-0.05, 0) is 32.3 Å². The van der Waals surface area contributed by atoms with Gasteiger partial charge >= 0.3 is 12.1 Å². The summed E-state index contributed by atoms with van der Waals surface area (Å²) in [5.74, 6) is -0.528. The Bertz CT molecular complexity index is 461. The number of carbonyl (C=O) groups excluding carboxylic acids is 2. The Morgan fingerprint density at radius 3 is 2.50 bits per heavy atom. The van der Waals surface area contributed by atoms with Gasteiger partial charge in [0.2, 0.25) is 0 Å². The van der Waals surface area contributed by atoms with Crippen LogP contribution in [0.4, 0.5) is 4.79 Å². The molecule has 1 amide bonds. The second-order valence-electron chi connectivity index (χ2n) is 5.11. The third-order valence-corrected chi connectivity index (χ3v) is 2.79. The molecule has 6 heteroatoms. The van der Waals surface area contributed by atoms with Crippen molar-refractivity contribution in [2.24, 2.45) is 0 Å². The topological polar surface area (TPSA) is 84.9 Å². The molecule has 0 unspecified atom stereocenters. The predicted molar refractivity (Wildman–Crippen MR) is 81.1 cm³/mol. The summed E-state index contributed by atoms with van der Waals surface area (Å²) < 4.78 is 10.2. The summed E-state index contributed by atoms with van der Waals surface area (Å²) in [6.45, 7) is 3.52. The number of hydrogen-bond donors (Lipinski definition) is 2. The first-order valence-corrected chi connectivity index (χ1v) is 7.31. The first kappa shape index (κ1) is 18.0. The maximum Gasteiger partial charge on any atom is 0.408 e. The van der Waals surface area contributed by atoms with E-state index in [0.29, 0.717) is 12.8 Å². The SMILES string of the molecule is CC(C)OC(=O)[C@@H](CCCO)NC(=O)OCc1ccccc1. The van der Waals surface area contributed by atoms with E-state index >= 15 is 0 Å². The van der Waals surface area contributed by atoms with Gasteiger partial charge < -0.3 is 19.9 Å². The molecule has 6 nitrogen and oxygen atoms in total. The molecule has 0 aliphatic rings. The molecule has 0 fully saturated rings. The molecule has 0 aliphatic carbocycles. The minimum absolute atomic E-state index is 0.0633. The van der Waals surface area contributed by atoms with Crippen molar-refractivity contribution in [1.82, 2.24) is 5.32 Å². The molecule has 122 valence electrons. The lowest BCUT2D eigenvalue weighted by Crippen LogP contribution is -2.42. The van der Waals surface area contributed by atoms with Crippen LogP contribution in [0.5, 0.6) is 0 Å². The quantitative estimate of drug-likeness (QED) is 0.718. The number of aliphatic hydroxyl groups excluding tert-OH is 1. The van der Waals surface area contributed by atoms with Gasteiger partial charge in [-0.1, -0.05) is 30.3 Å². The Kier molecular flexibility index (Phi) is 7.99. The third-order valence-electron chi connectivity index (χ3n) is 2.79. The molecule has 0 saturated heterocycles. The lowest BCUT2D eigenvalue weighted by atomic mass is 10.1. The van der Waals surface area contributed by atoms with E-state index in [-0.39, 0.29) is 19.3 Å². The van der Waals surface area contributed by atoms with Crippen molar-refractivity contribution in [2.75, 3.05) is 6.61 Å². The lowest BCUT2D eigenvalue weighted by molar-refractivity contribution is -0.150. The van der Waals surface area contributed by atoms with Crippen molar-refractivity contribution in [3.8, 4) is 0 Å². The average Bonchev–Trinajstić information content (AvgIpc) is 2.49. The number of aliphatic hydroxyl groups is 1. The summed E-state index contributed by atoms with van der Waals surface area (Å²) in [6, 6.07) is 8.42. The van der Waals surface area contributed by atoms with Gasteiger partial charge in [0.05, 0.1) is 6.10 Å². The second kappa shape index (κ2) is 9.78. The summed E-state index contributed by atoms with van der Waals surface area (Å²) in [5.41, 5.74) is 0.856. The van der Waals surface area contributed by atoms with Gasteiger partial charge in [-0.3, -0.25) is 0 Å². The van der Waals surface area contributed by atoms with E-state index in [0.717, 1.165) is 5.56 Å². The number of rotatable bonds is 8. The molecule has 2 N–H and O–H groups in total. The predicted octanol–water partition coefficient (Wildman–Crippen LogP) is 2.01. The van der Waals surface area contributed by atoms with Crippen LogP contribution >= 0.6 is 0 Å². The van der Waals surface area contributed by atoms with E-state index in [1.807, 2.05) is 30.3 Å². The third kappa shape index (κ3) is 7.08. The fourth-order valence-corrected chi connectivity index (χ4v) is 1.77. The summed E-state index contributed by atoms with van der Waals surface area (Å²) in [7, 11) is 0. The largest absolute Gasteiger partial charge is 0.461 e. The van der Waals surface area contributed by atoms with E-state index in [2.05, 4.69) is 5.32 Å². The zero-order chi connectivity index (χ0) is 16.4. The zero-order valence-electron chi connectivity index (χ0n) is 13.0. The van der Waals surface area contributed by atoms with Gasteiger partial charge in [0.25, 0.3) is 0 Å². The highest BCUT2D eigenvalue weighted by Crippen LogP contribution is 2.05. The fraction of sp³-hybridized carbons (Fsp3) is 0.500. The van der Waals surface area contributed by atoms with Crippen molar-refractivity contribution in [2.45, 2.75) is 45.4 Å². The molecular formula is C16H23NO5. The maximum absolute atomic E-state index is 11.9. The molecule has 1 rings (SSSR count). The Balaban J connectivity index is 2.49. The van der Waals surface area contributed by atoms with E-state index in [1.165, 1.54) is 0 Å². The summed E-state index contributed by atoms with van der Waals surface area (Å²) in [4.78, 5) is 23.7. The van der Waals surface area contributed by atoms with E-state index in [4.69, 9.17) is 14.6 Å². The average molecular weight is 309 g/mol. The number of ether oxygens (including phenoxy) is 2. The van der Waals surface area contributed by atoms with Gasteiger partial charge in [0, 0.05) is 6.61 Å². The number of alkyl carbamates (subject to hydrolysis) is 1. The first-order valence-electron chi connectivity index (χ1n) is 7.31.